The molecule has 0 fully saturated rings. The van der Waals surface area contributed by atoms with Crippen LogP contribution in [0.2, 0.25) is 0 Å². The van der Waals surface area contributed by atoms with Gasteiger partial charge >= 0.3 is 0 Å². The Bertz CT molecular complexity index is 555. The van der Waals surface area contributed by atoms with Gasteiger partial charge in [-0.05, 0) is 23.9 Å². The monoisotopic (exact) mass is 277 g/mol. The van der Waals surface area contributed by atoms with Crippen molar-refractivity contribution in [2.24, 2.45) is 0 Å². The molecule has 1 aromatic heterocycles. The summed E-state index contributed by atoms with van der Waals surface area (Å²) in [6.45, 7) is 0.755. The molecule has 0 amide bonds. The van der Waals surface area contributed by atoms with E-state index in [-0.39, 0.29) is 10.6 Å². The molecule has 2 aromatic rings. The summed E-state index contributed by atoms with van der Waals surface area (Å²) in [5, 5.41) is 19.0. The summed E-state index contributed by atoms with van der Waals surface area (Å²) in [4.78, 5) is 11.7. The van der Waals surface area contributed by atoms with Crippen LogP contribution in [0.5, 0.6) is 0 Å². The van der Waals surface area contributed by atoms with Gasteiger partial charge in [0.2, 0.25) is 0 Å². The van der Waals surface area contributed by atoms with E-state index >= 15 is 0 Å². The first kappa shape index (κ1) is 13.4. The maximum absolute atomic E-state index is 10.8. The first-order valence-corrected chi connectivity index (χ1v) is 6.80. The van der Waals surface area contributed by atoms with Crippen molar-refractivity contribution in [3.8, 4) is 0 Å². The van der Waals surface area contributed by atoms with Crippen molar-refractivity contribution in [2.45, 2.75) is 6.42 Å². The first-order chi connectivity index (χ1) is 9.19. The highest BCUT2D eigenvalue weighted by Crippen LogP contribution is 2.24. The predicted molar refractivity (Wildman–Crippen MR) is 79.2 cm³/mol. The second kappa shape index (κ2) is 6.19. The van der Waals surface area contributed by atoms with E-state index in [1.807, 2.05) is 17.5 Å². The molecule has 0 radical (unpaired) electrons. The maximum Gasteiger partial charge on any atom is 0.273 e. The Kier molecular flexibility index (Phi) is 4.35. The van der Waals surface area contributed by atoms with Gasteiger partial charge in [0.25, 0.3) is 5.69 Å². The summed E-state index contributed by atoms with van der Waals surface area (Å²) in [7, 11) is 1.74. The molecule has 2 N–H and O–H groups in total. The molecule has 100 valence electrons. The molecule has 19 heavy (non-hydrogen) atoms. The molecular formula is C13H15N3O2S. The van der Waals surface area contributed by atoms with Crippen molar-refractivity contribution in [2.75, 3.05) is 24.2 Å². The average Bonchev–Trinajstić information content (AvgIpc) is 2.91. The van der Waals surface area contributed by atoms with E-state index in [2.05, 4.69) is 16.7 Å². The Labute approximate surface area is 115 Å². The lowest BCUT2D eigenvalue weighted by molar-refractivity contribution is -0.384. The van der Waals surface area contributed by atoms with E-state index in [1.54, 1.807) is 24.5 Å². The van der Waals surface area contributed by atoms with Crippen LogP contribution >= 0.6 is 11.3 Å². The standard InChI is InChI=1S/C13H15N3O2S/c1-14-10-7-11(9-12(8-10)16(17)18)15-5-4-13-3-2-6-19-13/h2-3,6-9,14-15H,4-5H2,1H3. The third-order valence-corrected chi connectivity index (χ3v) is 3.63. The van der Waals surface area contributed by atoms with E-state index in [1.165, 1.54) is 10.9 Å². The van der Waals surface area contributed by atoms with Gasteiger partial charge in [-0.15, -0.1) is 11.3 Å². The predicted octanol–water partition coefficient (Wildman–Crippen LogP) is 3.35. The number of benzene rings is 1. The zero-order valence-corrected chi connectivity index (χ0v) is 11.4. The zero-order valence-electron chi connectivity index (χ0n) is 10.6. The van der Waals surface area contributed by atoms with Crippen LogP contribution in [0.1, 0.15) is 4.88 Å². The fourth-order valence-corrected chi connectivity index (χ4v) is 2.46. The Balaban J connectivity index is 2.02. The molecule has 0 aliphatic rings. The van der Waals surface area contributed by atoms with Gasteiger partial charge in [0.05, 0.1) is 4.92 Å². The van der Waals surface area contributed by atoms with E-state index in [9.17, 15) is 10.1 Å². The van der Waals surface area contributed by atoms with Crippen LogP contribution in [0.4, 0.5) is 17.1 Å². The molecule has 0 atom stereocenters. The molecule has 0 bridgehead atoms. The molecule has 0 saturated carbocycles. The van der Waals surface area contributed by atoms with Crippen LogP contribution in [0, 0.1) is 10.1 Å². The number of non-ortho nitro benzene ring substituents is 1. The lowest BCUT2D eigenvalue weighted by Crippen LogP contribution is -2.05. The van der Waals surface area contributed by atoms with Gasteiger partial charge in [-0.2, -0.15) is 0 Å². The van der Waals surface area contributed by atoms with E-state index in [0.29, 0.717) is 0 Å². The molecule has 5 nitrogen and oxygen atoms in total. The molecule has 6 heteroatoms. The summed E-state index contributed by atoms with van der Waals surface area (Å²) >= 11 is 1.71. The van der Waals surface area contributed by atoms with Gasteiger partial charge in [-0.1, -0.05) is 6.07 Å². The van der Waals surface area contributed by atoms with E-state index < -0.39 is 0 Å². The molecule has 0 saturated heterocycles. The zero-order chi connectivity index (χ0) is 13.7. The molecule has 2 rings (SSSR count). The summed E-state index contributed by atoms with van der Waals surface area (Å²) in [6.07, 6.45) is 0.912. The topological polar surface area (TPSA) is 67.2 Å². The highest BCUT2D eigenvalue weighted by atomic mass is 32.1. The Morgan fingerprint density at radius 1 is 1.32 bits per heavy atom. The minimum atomic E-state index is -0.384. The van der Waals surface area contributed by atoms with Gasteiger partial charge in [0.15, 0.2) is 0 Å². The number of nitro groups is 1. The van der Waals surface area contributed by atoms with Gasteiger partial charge in [-0.25, -0.2) is 0 Å². The number of hydrogen-bond acceptors (Lipinski definition) is 5. The van der Waals surface area contributed by atoms with Crippen molar-refractivity contribution in [1.82, 2.24) is 0 Å². The highest BCUT2D eigenvalue weighted by molar-refractivity contribution is 7.09. The minimum Gasteiger partial charge on any atom is -0.388 e. The molecule has 0 unspecified atom stereocenters. The average molecular weight is 277 g/mol. The molecule has 0 aliphatic carbocycles. The van der Waals surface area contributed by atoms with Gasteiger partial charge < -0.3 is 10.6 Å². The Morgan fingerprint density at radius 3 is 2.74 bits per heavy atom. The molecule has 0 spiro atoms. The summed E-state index contributed by atoms with van der Waals surface area (Å²) < 4.78 is 0. The number of thiophene rings is 1. The lowest BCUT2D eigenvalue weighted by atomic mass is 10.2. The lowest BCUT2D eigenvalue weighted by Gasteiger charge is -2.08. The minimum absolute atomic E-state index is 0.0884. The number of anilines is 2. The number of hydrogen-bond donors (Lipinski definition) is 2. The normalized spacial score (nSPS) is 10.2. The highest BCUT2D eigenvalue weighted by Gasteiger charge is 2.08. The van der Waals surface area contributed by atoms with Crippen LogP contribution in [0.3, 0.4) is 0 Å². The largest absolute Gasteiger partial charge is 0.388 e. The van der Waals surface area contributed by atoms with Crippen LogP contribution in [0.25, 0.3) is 0 Å². The van der Waals surface area contributed by atoms with E-state index in [4.69, 9.17) is 0 Å². The van der Waals surface area contributed by atoms with Crippen molar-refractivity contribution >= 4 is 28.4 Å². The summed E-state index contributed by atoms with van der Waals surface area (Å²) in [5.74, 6) is 0. The van der Waals surface area contributed by atoms with Crippen molar-refractivity contribution < 1.29 is 4.92 Å². The Hall–Kier alpha value is -2.08. The van der Waals surface area contributed by atoms with Crippen LogP contribution in [-0.4, -0.2) is 18.5 Å². The second-order valence-corrected chi connectivity index (χ2v) is 5.06. The fraction of sp³-hybridized carbons (Fsp3) is 0.231. The van der Waals surface area contributed by atoms with Gasteiger partial charge in [0, 0.05) is 42.0 Å². The number of nitro benzene ring substituents is 1. The fourth-order valence-electron chi connectivity index (χ4n) is 1.75. The van der Waals surface area contributed by atoms with Crippen molar-refractivity contribution in [3.05, 3.63) is 50.7 Å². The quantitative estimate of drug-likeness (QED) is 0.627. The van der Waals surface area contributed by atoms with Gasteiger partial charge in [-0.3, -0.25) is 10.1 Å². The molecule has 0 aliphatic heterocycles. The second-order valence-electron chi connectivity index (χ2n) is 4.03. The smallest absolute Gasteiger partial charge is 0.273 e. The third kappa shape index (κ3) is 3.69. The first-order valence-electron chi connectivity index (χ1n) is 5.92. The number of nitrogens with one attached hydrogen (secondary N) is 2. The third-order valence-electron chi connectivity index (χ3n) is 2.70. The summed E-state index contributed by atoms with van der Waals surface area (Å²) in [5.41, 5.74) is 1.58. The van der Waals surface area contributed by atoms with Crippen molar-refractivity contribution in [1.29, 1.82) is 0 Å². The van der Waals surface area contributed by atoms with E-state index in [0.717, 1.165) is 24.3 Å². The molecule has 1 aromatic carbocycles. The SMILES string of the molecule is CNc1cc(NCCc2cccs2)cc([N+](=O)[O-])c1. The molecular weight excluding hydrogens is 262 g/mol. The summed E-state index contributed by atoms with van der Waals surface area (Å²) in [6, 6.07) is 9.03. The van der Waals surface area contributed by atoms with Crippen LogP contribution < -0.4 is 10.6 Å². The number of rotatable bonds is 6. The van der Waals surface area contributed by atoms with Crippen LogP contribution in [-0.2, 0) is 6.42 Å². The number of nitrogens with zero attached hydrogens (tertiary/aromatic N) is 1. The van der Waals surface area contributed by atoms with Crippen molar-refractivity contribution in [3.63, 3.8) is 0 Å². The van der Waals surface area contributed by atoms with Crippen LogP contribution in [0.15, 0.2) is 35.7 Å². The molecule has 1 heterocycles. The maximum atomic E-state index is 10.8. The van der Waals surface area contributed by atoms with Gasteiger partial charge in [0.1, 0.15) is 0 Å². The Morgan fingerprint density at radius 2 is 2.11 bits per heavy atom.